The van der Waals surface area contributed by atoms with Crippen LogP contribution < -0.4 is 15.4 Å². The zero-order valence-corrected chi connectivity index (χ0v) is 20.6. The van der Waals surface area contributed by atoms with E-state index in [-0.39, 0.29) is 16.4 Å². The van der Waals surface area contributed by atoms with Crippen molar-refractivity contribution in [2.24, 2.45) is 11.3 Å². The Morgan fingerprint density at radius 1 is 1.40 bits per heavy atom. The first-order chi connectivity index (χ1) is 14.1. The molecule has 2 N–H and O–H groups in total. The van der Waals surface area contributed by atoms with E-state index in [1.807, 2.05) is 0 Å². The monoisotopic (exact) mass is 505 g/mol. The van der Waals surface area contributed by atoms with Gasteiger partial charge < -0.3 is 10.1 Å². The number of methoxy groups -OCH3 is 1. The first-order valence-corrected chi connectivity index (χ1v) is 11.7. The quantitative estimate of drug-likeness (QED) is 0.525. The van der Waals surface area contributed by atoms with Gasteiger partial charge in [-0.25, -0.2) is 0 Å². The lowest BCUT2D eigenvalue weighted by Gasteiger charge is -2.33. The highest BCUT2D eigenvalue weighted by molar-refractivity contribution is 9.10. The van der Waals surface area contributed by atoms with Crippen molar-refractivity contribution in [3.63, 3.8) is 0 Å². The van der Waals surface area contributed by atoms with Crippen molar-refractivity contribution in [2.45, 2.75) is 40.0 Å². The molecule has 0 bridgehead atoms. The Bertz CT molecular complexity index is 1030. The van der Waals surface area contributed by atoms with E-state index < -0.39 is 0 Å². The third-order valence-electron chi connectivity index (χ3n) is 5.46. The van der Waals surface area contributed by atoms with Crippen molar-refractivity contribution in [3.05, 3.63) is 44.2 Å². The summed E-state index contributed by atoms with van der Waals surface area (Å²) < 4.78 is 6.03. The number of carbonyl (C=O) groups is 1. The van der Waals surface area contributed by atoms with Crippen LogP contribution in [0.1, 0.15) is 53.6 Å². The maximum absolute atomic E-state index is 12.7. The molecule has 0 aliphatic heterocycles. The van der Waals surface area contributed by atoms with Gasteiger partial charge in [-0.05, 0) is 66.6 Å². The zero-order chi connectivity index (χ0) is 22.1. The third kappa shape index (κ3) is 4.85. The fraction of sp³-hybridized carbons (Fsp3) is 0.409. The van der Waals surface area contributed by atoms with Crippen molar-refractivity contribution in [1.82, 2.24) is 5.32 Å². The number of hydrogen-bond donors (Lipinski definition) is 2. The Kier molecular flexibility index (Phi) is 6.85. The molecule has 0 radical (unpaired) electrons. The van der Waals surface area contributed by atoms with Crippen LogP contribution in [0, 0.1) is 22.7 Å². The minimum absolute atomic E-state index is 0.157. The Morgan fingerprint density at radius 2 is 2.13 bits per heavy atom. The molecule has 1 amide bonds. The van der Waals surface area contributed by atoms with Crippen LogP contribution in [0.4, 0.5) is 5.00 Å². The number of carbonyl (C=O) groups excluding carboxylic acids is 1. The molecule has 1 atom stereocenters. The van der Waals surface area contributed by atoms with E-state index in [2.05, 4.69) is 53.4 Å². The molecule has 0 unspecified atom stereocenters. The Balaban J connectivity index is 1.77. The average molecular weight is 506 g/mol. The summed E-state index contributed by atoms with van der Waals surface area (Å²) in [5, 5.41) is 16.3. The lowest BCUT2D eigenvalue weighted by Crippen LogP contribution is -2.34. The molecular weight excluding hydrogens is 482 g/mol. The maximum Gasteiger partial charge on any atom is 0.261 e. The number of amides is 1. The summed E-state index contributed by atoms with van der Waals surface area (Å²) in [6.45, 7) is 6.80. The van der Waals surface area contributed by atoms with Gasteiger partial charge in [0.2, 0.25) is 0 Å². The highest BCUT2D eigenvalue weighted by Crippen LogP contribution is 2.44. The van der Waals surface area contributed by atoms with Gasteiger partial charge in [-0.1, -0.05) is 36.7 Å². The second kappa shape index (κ2) is 9.04. The van der Waals surface area contributed by atoms with Crippen molar-refractivity contribution >= 4 is 55.5 Å². The van der Waals surface area contributed by atoms with Crippen LogP contribution >= 0.6 is 39.5 Å². The second-order valence-corrected chi connectivity index (χ2v) is 10.8. The number of anilines is 1. The summed E-state index contributed by atoms with van der Waals surface area (Å²) in [6.07, 6.45) is 2.94. The first kappa shape index (κ1) is 22.7. The lowest BCUT2D eigenvalue weighted by molar-refractivity contribution is 0.0974. The zero-order valence-electron chi connectivity index (χ0n) is 17.4. The summed E-state index contributed by atoms with van der Waals surface area (Å²) in [4.78, 5) is 13.9. The number of fused-ring (bicyclic) bond motifs is 1. The number of benzene rings is 1. The van der Waals surface area contributed by atoms with Gasteiger partial charge in [0.25, 0.3) is 5.91 Å². The molecule has 30 heavy (non-hydrogen) atoms. The topological polar surface area (TPSA) is 74.2 Å². The molecule has 158 valence electrons. The highest BCUT2D eigenvalue weighted by atomic mass is 79.9. The van der Waals surface area contributed by atoms with Gasteiger partial charge in [-0.3, -0.25) is 10.1 Å². The van der Waals surface area contributed by atoms with Gasteiger partial charge in [0.15, 0.2) is 5.11 Å². The van der Waals surface area contributed by atoms with Crippen LogP contribution in [0.5, 0.6) is 5.75 Å². The van der Waals surface area contributed by atoms with E-state index in [0.29, 0.717) is 27.8 Å². The van der Waals surface area contributed by atoms with Crippen LogP contribution in [-0.4, -0.2) is 18.1 Å². The number of nitrogens with one attached hydrogen (secondary N) is 2. The molecule has 1 heterocycles. The molecule has 3 rings (SSSR count). The predicted molar refractivity (Wildman–Crippen MR) is 128 cm³/mol. The molecule has 0 saturated heterocycles. The van der Waals surface area contributed by atoms with Crippen molar-refractivity contribution in [2.75, 3.05) is 12.4 Å². The number of rotatable bonds is 3. The summed E-state index contributed by atoms with van der Waals surface area (Å²) in [5.74, 6) is 0.660. The molecule has 1 aromatic carbocycles. The minimum atomic E-state index is -0.377. The first-order valence-electron chi connectivity index (χ1n) is 9.64. The van der Waals surface area contributed by atoms with Crippen LogP contribution in [0.3, 0.4) is 0 Å². The number of thiocarbonyl (C=S) groups is 1. The number of ether oxygens (including phenoxy) is 1. The highest BCUT2D eigenvalue weighted by Gasteiger charge is 2.32. The SMILES string of the molecule is COc1ccc(Br)cc1C(=O)NC(=S)Nc1sc2c(c1C#N)CC[C@H](C(C)(C)C)C2. The molecule has 0 fully saturated rings. The summed E-state index contributed by atoms with van der Waals surface area (Å²) >= 11 is 10.3. The minimum Gasteiger partial charge on any atom is -0.496 e. The van der Waals surface area contributed by atoms with E-state index in [1.54, 1.807) is 29.5 Å². The van der Waals surface area contributed by atoms with Crippen molar-refractivity contribution in [3.8, 4) is 11.8 Å². The van der Waals surface area contributed by atoms with Crippen molar-refractivity contribution < 1.29 is 9.53 Å². The third-order valence-corrected chi connectivity index (χ3v) is 7.33. The molecule has 0 spiro atoms. The predicted octanol–water partition coefficient (Wildman–Crippen LogP) is 5.67. The molecular formula is C22H24BrN3O2S2. The second-order valence-electron chi connectivity index (χ2n) is 8.38. The summed E-state index contributed by atoms with van der Waals surface area (Å²) in [7, 11) is 1.51. The van der Waals surface area contributed by atoms with Gasteiger partial charge in [-0.15, -0.1) is 11.3 Å². The van der Waals surface area contributed by atoms with Crippen LogP contribution in [0.2, 0.25) is 0 Å². The van der Waals surface area contributed by atoms with Crippen LogP contribution in [0.25, 0.3) is 0 Å². The van der Waals surface area contributed by atoms with E-state index in [4.69, 9.17) is 17.0 Å². The molecule has 1 aliphatic carbocycles. The smallest absolute Gasteiger partial charge is 0.261 e. The van der Waals surface area contributed by atoms with Crippen LogP contribution in [0.15, 0.2) is 22.7 Å². The fourth-order valence-electron chi connectivity index (χ4n) is 3.69. The van der Waals surface area contributed by atoms with Gasteiger partial charge >= 0.3 is 0 Å². The van der Waals surface area contributed by atoms with Gasteiger partial charge in [-0.2, -0.15) is 5.26 Å². The number of thiophene rings is 1. The number of nitriles is 1. The molecule has 1 aliphatic rings. The lowest BCUT2D eigenvalue weighted by atomic mass is 9.72. The maximum atomic E-state index is 12.7. The van der Waals surface area contributed by atoms with E-state index in [9.17, 15) is 10.1 Å². The Morgan fingerprint density at radius 3 is 2.77 bits per heavy atom. The van der Waals surface area contributed by atoms with E-state index in [1.165, 1.54) is 12.0 Å². The Hall–Kier alpha value is -1.95. The number of hydrogen-bond acceptors (Lipinski definition) is 5. The normalized spacial score (nSPS) is 15.7. The molecule has 8 heteroatoms. The fourth-order valence-corrected chi connectivity index (χ4v) is 5.60. The van der Waals surface area contributed by atoms with E-state index in [0.717, 1.165) is 29.3 Å². The molecule has 0 saturated carbocycles. The standard InChI is InChI=1S/C22H24BrN3O2S2/c1-22(2,3)12-5-7-14-16(11-24)20(30-18(14)9-12)26-21(29)25-19(27)15-10-13(23)6-8-17(15)28-4/h6,8,10,12H,5,7,9H2,1-4H3,(H2,25,26,27,29)/t12-/m0/s1. The average Bonchev–Trinajstić information content (AvgIpc) is 3.02. The van der Waals surface area contributed by atoms with Crippen LogP contribution in [-0.2, 0) is 12.8 Å². The van der Waals surface area contributed by atoms with Gasteiger partial charge in [0, 0.05) is 9.35 Å². The molecule has 1 aromatic heterocycles. The van der Waals surface area contributed by atoms with Gasteiger partial charge in [0.05, 0.1) is 18.2 Å². The Labute approximate surface area is 194 Å². The summed E-state index contributed by atoms with van der Waals surface area (Å²) in [5.41, 5.74) is 2.36. The van der Waals surface area contributed by atoms with E-state index >= 15 is 0 Å². The summed E-state index contributed by atoms with van der Waals surface area (Å²) in [6, 6.07) is 7.51. The molecule has 2 aromatic rings. The number of nitrogens with zero attached hydrogens (tertiary/aromatic N) is 1. The number of halogens is 1. The largest absolute Gasteiger partial charge is 0.496 e. The van der Waals surface area contributed by atoms with Crippen molar-refractivity contribution in [1.29, 1.82) is 5.26 Å². The van der Waals surface area contributed by atoms with Gasteiger partial charge in [0.1, 0.15) is 16.8 Å². The molecule has 5 nitrogen and oxygen atoms in total.